The lowest BCUT2D eigenvalue weighted by Gasteiger charge is -2.39. The summed E-state index contributed by atoms with van der Waals surface area (Å²) in [7, 11) is 2.34. The Bertz CT molecular complexity index is 736. The third-order valence-electron chi connectivity index (χ3n) is 4.56. The molecule has 1 aromatic carbocycles. The van der Waals surface area contributed by atoms with E-state index in [9.17, 15) is 0 Å². The van der Waals surface area contributed by atoms with Crippen LogP contribution in [0.25, 0.3) is 0 Å². The van der Waals surface area contributed by atoms with Crippen molar-refractivity contribution in [1.29, 1.82) is 10.5 Å². The first kappa shape index (κ1) is 24.5. The highest BCUT2D eigenvalue weighted by Gasteiger charge is 2.48. The third-order valence-corrected chi connectivity index (χ3v) is 10.4. The van der Waals surface area contributed by atoms with Gasteiger partial charge in [0.2, 0.25) is 0 Å². The topological polar surface area (TPSA) is 69.3 Å². The molecule has 0 radical (unpaired) electrons. The van der Waals surface area contributed by atoms with Crippen molar-refractivity contribution in [2.24, 2.45) is 0 Å². The number of nitriles is 2. The number of benzene rings is 1. The quantitative estimate of drug-likeness (QED) is 0.243. The highest BCUT2D eigenvalue weighted by Crippen LogP contribution is 2.63. The van der Waals surface area contributed by atoms with E-state index in [1.54, 1.807) is 0 Å². The largest absolute Gasteiger partial charge is 0.321 e. The highest BCUT2D eigenvalue weighted by molar-refractivity contribution is 8.77. The Morgan fingerprint density at radius 1 is 1.14 bits per heavy atom. The van der Waals surface area contributed by atoms with Crippen LogP contribution < -0.4 is 0 Å². The van der Waals surface area contributed by atoms with Crippen molar-refractivity contribution in [3.8, 4) is 12.1 Å². The van der Waals surface area contributed by atoms with Crippen molar-refractivity contribution in [1.82, 2.24) is 4.67 Å². The molecule has 0 amide bonds. The summed E-state index contributed by atoms with van der Waals surface area (Å²) >= 11 is 0. The van der Waals surface area contributed by atoms with Gasteiger partial charge in [-0.3, -0.25) is 0 Å². The summed E-state index contributed by atoms with van der Waals surface area (Å²) in [6.45, 7) is 13.4. The van der Waals surface area contributed by atoms with Gasteiger partial charge < -0.3 is 9.05 Å². The molecule has 5 nitrogen and oxygen atoms in total. The monoisotopic (exact) mass is 451 g/mol. The molecule has 1 heterocycles. The van der Waals surface area contributed by atoms with Crippen LogP contribution in [0.5, 0.6) is 0 Å². The van der Waals surface area contributed by atoms with E-state index in [0.29, 0.717) is 18.6 Å². The van der Waals surface area contributed by atoms with Crippen molar-refractivity contribution in [3.05, 3.63) is 35.4 Å². The summed E-state index contributed by atoms with van der Waals surface area (Å²) in [5.74, 6) is 0. The van der Waals surface area contributed by atoms with E-state index in [2.05, 4.69) is 58.4 Å². The molecular formula is C21H30N3O2PS2. The second kappa shape index (κ2) is 11.0. The molecule has 0 aliphatic carbocycles. The zero-order valence-corrected chi connectivity index (χ0v) is 20.5. The molecule has 1 saturated heterocycles. The zero-order chi connectivity index (χ0) is 21.6. The molecule has 1 fully saturated rings. The lowest BCUT2D eigenvalue weighted by molar-refractivity contribution is 0.114. The lowest BCUT2D eigenvalue weighted by Crippen LogP contribution is -2.39. The average Bonchev–Trinajstić information content (AvgIpc) is 2.96. The summed E-state index contributed by atoms with van der Waals surface area (Å²) < 4.78 is 15.0. The Morgan fingerprint density at radius 2 is 1.76 bits per heavy atom. The fourth-order valence-corrected chi connectivity index (χ4v) is 8.68. The summed E-state index contributed by atoms with van der Waals surface area (Å²) in [6, 6.07) is 12.6. The number of hydrogen-bond donors (Lipinski definition) is 0. The van der Waals surface area contributed by atoms with Gasteiger partial charge in [0.05, 0.1) is 42.1 Å². The second-order valence-corrected chi connectivity index (χ2v) is 12.4. The molecule has 0 saturated carbocycles. The highest BCUT2D eigenvalue weighted by atomic mass is 33.1. The minimum Gasteiger partial charge on any atom is -0.321 e. The van der Waals surface area contributed by atoms with Gasteiger partial charge in [0, 0.05) is 16.8 Å². The van der Waals surface area contributed by atoms with Crippen LogP contribution in [0.4, 0.5) is 0 Å². The fraction of sp³-hybridized carbons (Fsp3) is 0.619. The van der Waals surface area contributed by atoms with Crippen LogP contribution in [0.3, 0.4) is 0 Å². The van der Waals surface area contributed by atoms with Gasteiger partial charge in [-0.15, -0.1) is 0 Å². The SMILES string of the molecule is CC(C)N(C(C)C)P(OCCC#N)O[C@H]1[C@@H](c2ccc(C#N)cc2)SSC1(C)C. The predicted octanol–water partition coefficient (Wildman–Crippen LogP) is 6.43. The molecule has 1 aliphatic rings. The van der Waals surface area contributed by atoms with E-state index < -0.39 is 8.53 Å². The maximum atomic E-state index is 9.09. The molecule has 29 heavy (non-hydrogen) atoms. The molecule has 2 rings (SSSR count). The Balaban J connectivity index is 2.30. The molecule has 8 heteroatoms. The minimum absolute atomic E-state index is 0.0568. The standard InChI is InChI=1S/C21H30N3O2PS2/c1-15(2)24(16(3)4)27(25-13-7-12-22)26-20-19(28-29-21(20,5)6)18-10-8-17(14-23)9-11-18/h8-11,15-16,19-20H,7,13H2,1-6H3/t19-,20+,27?/m1/s1. The van der Waals surface area contributed by atoms with Crippen molar-refractivity contribution in [2.45, 2.75) is 76.1 Å². The summed E-state index contributed by atoms with van der Waals surface area (Å²) in [4.78, 5) is 0. The molecule has 0 aromatic heterocycles. The molecule has 0 bridgehead atoms. The van der Waals surface area contributed by atoms with E-state index in [1.165, 1.54) is 0 Å². The predicted molar refractivity (Wildman–Crippen MR) is 123 cm³/mol. The normalized spacial score (nSPS) is 22.0. The lowest BCUT2D eigenvalue weighted by atomic mass is 9.97. The van der Waals surface area contributed by atoms with Crippen LogP contribution in [-0.4, -0.2) is 34.2 Å². The Kier molecular flexibility index (Phi) is 9.29. The van der Waals surface area contributed by atoms with Gasteiger partial charge in [-0.1, -0.05) is 33.7 Å². The van der Waals surface area contributed by atoms with E-state index in [4.69, 9.17) is 19.6 Å². The minimum atomic E-state index is -1.31. The fourth-order valence-electron chi connectivity index (χ4n) is 3.19. The first-order valence-electron chi connectivity index (χ1n) is 9.80. The Labute approximate surface area is 184 Å². The Hall–Kier alpha value is -0.790. The van der Waals surface area contributed by atoms with Gasteiger partial charge >= 0.3 is 0 Å². The molecule has 1 aromatic rings. The molecule has 1 aliphatic heterocycles. The molecule has 0 spiro atoms. The van der Waals surface area contributed by atoms with Crippen LogP contribution in [-0.2, 0) is 9.05 Å². The molecule has 1 unspecified atom stereocenters. The summed E-state index contributed by atoms with van der Waals surface area (Å²) in [5.41, 5.74) is 1.82. The van der Waals surface area contributed by atoms with Gasteiger partial charge in [0.1, 0.15) is 0 Å². The number of nitrogens with zero attached hydrogens (tertiary/aromatic N) is 3. The maximum absolute atomic E-state index is 9.09. The summed E-state index contributed by atoms with van der Waals surface area (Å²) in [5, 5.41) is 18.2. The van der Waals surface area contributed by atoms with Gasteiger partial charge in [0.25, 0.3) is 8.53 Å². The Morgan fingerprint density at radius 3 is 2.28 bits per heavy atom. The van der Waals surface area contributed by atoms with E-state index in [0.717, 1.165) is 5.56 Å². The van der Waals surface area contributed by atoms with E-state index in [1.807, 2.05) is 45.9 Å². The van der Waals surface area contributed by atoms with Gasteiger partial charge in [-0.25, -0.2) is 4.67 Å². The van der Waals surface area contributed by atoms with Crippen molar-refractivity contribution in [2.75, 3.05) is 6.61 Å². The summed E-state index contributed by atoms with van der Waals surface area (Å²) in [6.07, 6.45) is 0.293. The van der Waals surface area contributed by atoms with Crippen LogP contribution >= 0.6 is 30.1 Å². The second-order valence-electron chi connectivity index (χ2n) is 8.01. The van der Waals surface area contributed by atoms with Gasteiger partial charge in [0.15, 0.2) is 0 Å². The van der Waals surface area contributed by atoms with Crippen molar-refractivity contribution in [3.63, 3.8) is 0 Å². The van der Waals surface area contributed by atoms with Gasteiger partial charge in [-0.05, 0) is 59.2 Å². The number of rotatable bonds is 9. The van der Waals surface area contributed by atoms with Gasteiger partial charge in [-0.2, -0.15) is 10.5 Å². The molecular weight excluding hydrogens is 421 g/mol. The van der Waals surface area contributed by atoms with Crippen LogP contribution in [0, 0.1) is 22.7 Å². The average molecular weight is 452 g/mol. The first-order chi connectivity index (χ1) is 13.7. The van der Waals surface area contributed by atoms with E-state index >= 15 is 0 Å². The smallest absolute Gasteiger partial charge is 0.259 e. The third kappa shape index (κ3) is 6.34. The van der Waals surface area contributed by atoms with Crippen molar-refractivity contribution >= 4 is 30.1 Å². The molecule has 0 N–H and O–H groups in total. The van der Waals surface area contributed by atoms with Crippen molar-refractivity contribution < 1.29 is 9.05 Å². The van der Waals surface area contributed by atoms with Crippen LogP contribution in [0.2, 0.25) is 0 Å². The molecule has 3 atom stereocenters. The van der Waals surface area contributed by atoms with Crippen LogP contribution in [0.15, 0.2) is 24.3 Å². The zero-order valence-electron chi connectivity index (χ0n) is 18.0. The van der Waals surface area contributed by atoms with E-state index in [-0.39, 0.29) is 28.2 Å². The number of hydrogen-bond acceptors (Lipinski definition) is 7. The first-order valence-corrected chi connectivity index (χ1v) is 13.1. The maximum Gasteiger partial charge on any atom is 0.259 e. The van der Waals surface area contributed by atoms with Crippen LogP contribution in [0.1, 0.15) is 64.3 Å². The molecule has 158 valence electrons.